The van der Waals surface area contributed by atoms with Crippen molar-refractivity contribution in [2.24, 2.45) is 0 Å². The molecule has 0 bridgehead atoms. The van der Waals surface area contributed by atoms with Crippen LogP contribution in [0, 0.1) is 6.92 Å². The number of benzene rings is 1. The van der Waals surface area contributed by atoms with E-state index in [9.17, 15) is 4.79 Å². The lowest BCUT2D eigenvalue weighted by atomic mass is 10.0. The van der Waals surface area contributed by atoms with Crippen molar-refractivity contribution < 1.29 is 9.53 Å². The summed E-state index contributed by atoms with van der Waals surface area (Å²) in [6.07, 6.45) is 2.39. The maximum Gasteiger partial charge on any atom is 0.310 e. The molecule has 0 aliphatic heterocycles. The predicted molar refractivity (Wildman–Crippen MR) is 101 cm³/mol. The summed E-state index contributed by atoms with van der Waals surface area (Å²) in [5.74, 6) is 0.274. The summed E-state index contributed by atoms with van der Waals surface area (Å²) in [7, 11) is 1.36. The van der Waals surface area contributed by atoms with Crippen LogP contribution < -0.4 is 0 Å². The molecule has 0 fully saturated rings. The van der Waals surface area contributed by atoms with Crippen LogP contribution in [-0.4, -0.2) is 27.7 Å². The first kappa shape index (κ1) is 17.0. The molecule has 1 aliphatic carbocycles. The molecule has 1 aliphatic rings. The minimum absolute atomic E-state index is 0.0794. The van der Waals surface area contributed by atoms with E-state index in [2.05, 4.69) is 35.2 Å². The quantitative estimate of drug-likeness (QED) is 0.514. The van der Waals surface area contributed by atoms with Gasteiger partial charge in [0.05, 0.1) is 19.2 Å². The van der Waals surface area contributed by atoms with Gasteiger partial charge in [-0.1, -0.05) is 30.7 Å². The molecule has 3 aromatic rings. The van der Waals surface area contributed by atoms with Crippen molar-refractivity contribution in [1.82, 2.24) is 14.6 Å². The third-order valence-corrected chi connectivity index (χ3v) is 5.60. The van der Waals surface area contributed by atoms with E-state index in [0.29, 0.717) is 28.0 Å². The molecule has 134 valence electrons. The Labute approximate surface area is 157 Å². The van der Waals surface area contributed by atoms with Gasteiger partial charge in [0.15, 0.2) is 5.65 Å². The fourth-order valence-corrected chi connectivity index (χ4v) is 3.99. The van der Waals surface area contributed by atoms with Crippen LogP contribution in [0.25, 0.3) is 16.9 Å². The number of hydrogen-bond acceptors (Lipinski definition) is 4. The van der Waals surface area contributed by atoms with Crippen molar-refractivity contribution in [1.29, 1.82) is 0 Å². The van der Waals surface area contributed by atoms with Crippen molar-refractivity contribution in [2.45, 2.75) is 39.0 Å². The van der Waals surface area contributed by atoms with E-state index in [4.69, 9.17) is 16.3 Å². The topological polar surface area (TPSA) is 56.5 Å². The highest BCUT2D eigenvalue weighted by Crippen LogP contribution is 2.35. The first-order valence-electron chi connectivity index (χ1n) is 8.72. The van der Waals surface area contributed by atoms with Crippen LogP contribution in [0.3, 0.4) is 0 Å². The third-order valence-electron chi connectivity index (χ3n) is 5.21. The largest absolute Gasteiger partial charge is 0.469 e. The predicted octanol–water partition coefficient (Wildman–Crippen LogP) is 4.12. The number of methoxy groups -OCH3 is 1. The lowest BCUT2D eigenvalue weighted by Gasteiger charge is -2.08. The Hall–Kier alpha value is -2.40. The normalized spacial score (nSPS) is 16.1. The Kier molecular flexibility index (Phi) is 4.19. The Morgan fingerprint density at radius 3 is 2.96 bits per heavy atom. The number of aromatic nitrogens is 3. The number of rotatable bonds is 3. The molecule has 4 rings (SSSR count). The summed E-state index contributed by atoms with van der Waals surface area (Å²) in [6, 6.07) is 8.46. The van der Waals surface area contributed by atoms with Gasteiger partial charge >= 0.3 is 5.97 Å². The minimum Gasteiger partial charge on any atom is -0.469 e. The first-order valence-corrected chi connectivity index (χ1v) is 9.10. The van der Waals surface area contributed by atoms with Crippen LogP contribution >= 0.6 is 11.6 Å². The highest BCUT2D eigenvalue weighted by atomic mass is 35.5. The number of ether oxygens (including phenoxy) is 1. The number of carbonyl (C=O) groups is 1. The van der Waals surface area contributed by atoms with E-state index in [1.165, 1.54) is 24.7 Å². The van der Waals surface area contributed by atoms with E-state index in [1.54, 1.807) is 4.52 Å². The molecule has 2 aromatic heterocycles. The monoisotopic (exact) mass is 369 g/mol. The summed E-state index contributed by atoms with van der Waals surface area (Å²) in [4.78, 5) is 16.2. The molecule has 1 unspecified atom stereocenters. The van der Waals surface area contributed by atoms with E-state index < -0.39 is 0 Å². The second-order valence-electron chi connectivity index (χ2n) is 6.87. The Bertz CT molecular complexity index is 1030. The van der Waals surface area contributed by atoms with Crippen LogP contribution in [-0.2, 0) is 22.4 Å². The zero-order valence-corrected chi connectivity index (χ0v) is 15.8. The van der Waals surface area contributed by atoms with Crippen molar-refractivity contribution in [3.05, 3.63) is 51.8 Å². The smallest absolute Gasteiger partial charge is 0.310 e. The van der Waals surface area contributed by atoms with Crippen molar-refractivity contribution >= 4 is 23.2 Å². The molecular formula is C20H20ClN3O2. The SMILES string of the molecule is COC(=O)Cc1c(C)nc2cc(-c3ccc4c(c3)CCC4C)nn2c1Cl. The zero-order valence-electron chi connectivity index (χ0n) is 15.0. The van der Waals surface area contributed by atoms with Gasteiger partial charge in [0.1, 0.15) is 5.15 Å². The molecule has 5 nitrogen and oxygen atoms in total. The van der Waals surface area contributed by atoms with Crippen LogP contribution in [0.5, 0.6) is 0 Å². The molecule has 0 N–H and O–H groups in total. The average molecular weight is 370 g/mol. The summed E-state index contributed by atoms with van der Waals surface area (Å²) in [5.41, 5.74) is 6.75. The first-order chi connectivity index (χ1) is 12.5. The second-order valence-corrected chi connectivity index (χ2v) is 7.23. The Morgan fingerprint density at radius 2 is 2.19 bits per heavy atom. The number of halogens is 1. The third kappa shape index (κ3) is 2.76. The molecule has 1 aromatic carbocycles. The molecule has 2 heterocycles. The molecule has 0 amide bonds. The van der Waals surface area contributed by atoms with E-state index in [0.717, 1.165) is 17.7 Å². The summed E-state index contributed by atoms with van der Waals surface area (Å²) < 4.78 is 6.34. The summed E-state index contributed by atoms with van der Waals surface area (Å²) in [5, 5.41) is 5.03. The van der Waals surface area contributed by atoms with Gasteiger partial charge in [-0.05, 0) is 42.9 Å². The maximum absolute atomic E-state index is 11.6. The highest BCUT2D eigenvalue weighted by molar-refractivity contribution is 6.30. The van der Waals surface area contributed by atoms with Gasteiger partial charge in [-0.3, -0.25) is 4.79 Å². The number of carbonyl (C=O) groups excluding carboxylic acids is 1. The van der Waals surface area contributed by atoms with E-state index in [-0.39, 0.29) is 12.4 Å². The highest BCUT2D eigenvalue weighted by Gasteiger charge is 2.20. The number of fused-ring (bicyclic) bond motifs is 2. The number of esters is 1. The van der Waals surface area contributed by atoms with Gasteiger partial charge in [0, 0.05) is 22.9 Å². The standard InChI is InChI=1S/C20H20ClN3O2/c1-11-4-5-13-8-14(6-7-15(11)13)17-10-18-22-12(2)16(9-19(25)26-3)20(21)24(18)23-17/h6-8,10-11H,4-5,9H2,1-3H3. The van der Waals surface area contributed by atoms with Gasteiger partial charge in [-0.25, -0.2) is 9.50 Å². The molecule has 0 saturated heterocycles. The number of aryl methyl sites for hydroxylation is 2. The summed E-state index contributed by atoms with van der Waals surface area (Å²) >= 11 is 6.51. The molecule has 0 spiro atoms. The fourth-order valence-electron chi connectivity index (χ4n) is 3.66. The van der Waals surface area contributed by atoms with E-state index in [1.807, 2.05) is 13.0 Å². The van der Waals surface area contributed by atoms with Crippen molar-refractivity contribution in [3.63, 3.8) is 0 Å². The number of nitrogens with zero attached hydrogens (tertiary/aromatic N) is 3. The lowest BCUT2D eigenvalue weighted by molar-refractivity contribution is -0.139. The average Bonchev–Trinajstić information content (AvgIpc) is 3.22. The minimum atomic E-state index is -0.351. The lowest BCUT2D eigenvalue weighted by Crippen LogP contribution is -2.10. The van der Waals surface area contributed by atoms with Crippen LogP contribution in [0.2, 0.25) is 5.15 Å². The molecule has 26 heavy (non-hydrogen) atoms. The molecular weight excluding hydrogens is 350 g/mol. The van der Waals surface area contributed by atoms with Gasteiger partial charge in [0.25, 0.3) is 0 Å². The molecule has 6 heteroatoms. The summed E-state index contributed by atoms with van der Waals surface area (Å²) in [6.45, 7) is 4.11. The van der Waals surface area contributed by atoms with Gasteiger partial charge in [0.2, 0.25) is 0 Å². The van der Waals surface area contributed by atoms with Crippen LogP contribution in [0.4, 0.5) is 0 Å². The van der Waals surface area contributed by atoms with Gasteiger partial charge in [-0.15, -0.1) is 0 Å². The molecule has 0 radical (unpaired) electrons. The number of hydrogen-bond donors (Lipinski definition) is 0. The Balaban J connectivity index is 1.79. The van der Waals surface area contributed by atoms with Crippen molar-refractivity contribution in [3.8, 4) is 11.3 Å². The van der Waals surface area contributed by atoms with E-state index >= 15 is 0 Å². The van der Waals surface area contributed by atoms with Crippen LogP contribution in [0.1, 0.15) is 41.6 Å². The Morgan fingerprint density at radius 1 is 1.38 bits per heavy atom. The second kappa shape index (κ2) is 6.40. The maximum atomic E-state index is 11.6. The zero-order chi connectivity index (χ0) is 18.4. The molecule has 0 saturated carbocycles. The van der Waals surface area contributed by atoms with Crippen molar-refractivity contribution in [2.75, 3.05) is 7.11 Å². The van der Waals surface area contributed by atoms with Gasteiger partial charge < -0.3 is 4.74 Å². The van der Waals surface area contributed by atoms with Gasteiger partial charge in [-0.2, -0.15) is 5.10 Å². The van der Waals surface area contributed by atoms with Crippen LogP contribution in [0.15, 0.2) is 24.3 Å². The fraction of sp³-hybridized carbons (Fsp3) is 0.350. The molecule has 1 atom stereocenters.